The van der Waals surface area contributed by atoms with Crippen molar-refractivity contribution in [3.05, 3.63) is 74.7 Å². The van der Waals surface area contributed by atoms with E-state index in [0.29, 0.717) is 11.3 Å². The lowest BCUT2D eigenvalue weighted by molar-refractivity contribution is -0.384. The van der Waals surface area contributed by atoms with Crippen LogP contribution in [0.25, 0.3) is 22.2 Å². The van der Waals surface area contributed by atoms with Crippen LogP contribution < -0.4 is 5.32 Å². The molecule has 0 aliphatic carbocycles. The van der Waals surface area contributed by atoms with Gasteiger partial charge in [-0.15, -0.1) is 11.3 Å². The van der Waals surface area contributed by atoms with E-state index in [1.165, 1.54) is 34.4 Å². The Hall–Kier alpha value is -2.90. The maximum absolute atomic E-state index is 11.0. The summed E-state index contributed by atoms with van der Waals surface area (Å²) in [5.74, 6) is 0. The van der Waals surface area contributed by atoms with Gasteiger partial charge in [0.2, 0.25) is 0 Å². The van der Waals surface area contributed by atoms with Gasteiger partial charge >= 0.3 is 0 Å². The number of H-pyrrole nitrogens is 1. The Morgan fingerprint density at radius 3 is 2.96 bits per heavy atom. The van der Waals surface area contributed by atoms with Gasteiger partial charge in [0.25, 0.3) is 5.69 Å². The van der Waals surface area contributed by atoms with Crippen molar-refractivity contribution in [3.63, 3.8) is 0 Å². The lowest BCUT2D eigenvalue weighted by Gasteiger charge is -2.02. The summed E-state index contributed by atoms with van der Waals surface area (Å²) < 4.78 is 0. The Labute approximate surface area is 164 Å². The number of thiazole rings is 1. The summed E-state index contributed by atoms with van der Waals surface area (Å²) in [5, 5.41) is 18.4. The van der Waals surface area contributed by atoms with Gasteiger partial charge < -0.3 is 10.3 Å². The molecule has 0 radical (unpaired) electrons. The van der Waals surface area contributed by atoms with Crippen LogP contribution in [0.15, 0.2) is 54.0 Å². The second-order valence-electron chi connectivity index (χ2n) is 6.00. The van der Waals surface area contributed by atoms with E-state index in [0.717, 1.165) is 23.6 Å². The zero-order valence-corrected chi connectivity index (χ0v) is 15.7. The lowest BCUT2D eigenvalue weighted by Crippen LogP contribution is -2.04. The summed E-state index contributed by atoms with van der Waals surface area (Å²) >= 11 is 7.34. The molecule has 0 unspecified atom stereocenters. The lowest BCUT2D eigenvalue weighted by atomic mass is 10.1. The fraction of sp³-hybridized carbons (Fsp3) is 0.105. The van der Waals surface area contributed by atoms with Gasteiger partial charge in [0.05, 0.1) is 10.6 Å². The van der Waals surface area contributed by atoms with Crippen LogP contribution in [0.5, 0.6) is 0 Å². The Kier molecular flexibility index (Phi) is 4.79. The molecule has 0 amide bonds. The van der Waals surface area contributed by atoms with Gasteiger partial charge in [-0.05, 0) is 24.1 Å². The van der Waals surface area contributed by atoms with E-state index in [9.17, 15) is 10.1 Å². The van der Waals surface area contributed by atoms with Gasteiger partial charge in [-0.2, -0.15) is 0 Å². The molecule has 4 rings (SSSR count). The average Bonchev–Trinajstić information content (AvgIpc) is 3.30. The second-order valence-corrected chi connectivity index (χ2v) is 7.26. The Morgan fingerprint density at radius 2 is 2.11 bits per heavy atom. The van der Waals surface area contributed by atoms with Crippen LogP contribution in [0.1, 0.15) is 5.56 Å². The molecule has 4 aromatic rings. The number of anilines is 1. The molecule has 2 heterocycles. The van der Waals surface area contributed by atoms with E-state index >= 15 is 0 Å². The minimum atomic E-state index is -0.488. The van der Waals surface area contributed by atoms with Crippen LogP contribution in [0.3, 0.4) is 0 Å². The van der Waals surface area contributed by atoms with Crippen LogP contribution >= 0.6 is 22.9 Å². The minimum absolute atomic E-state index is 0.115. The maximum atomic E-state index is 11.0. The van der Waals surface area contributed by atoms with E-state index in [2.05, 4.69) is 27.4 Å². The van der Waals surface area contributed by atoms with E-state index in [-0.39, 0.29) is 10.7 Å². The first kappa shape index (κ1) is 17.5. The normalized spacial score (nSPS) is 11.0. The third-order valence-electron chi connectivity index (χ3n) is 4.29. The van der Waals surface area contributed by atoms with Crippen molar-refractivity contribution in [2.24, 2.45) is 0 Å². The van der Waals surface area contributed by atoms with E-state index in [4.69, 9.17) is 11.6 Å². The molecule has 2 N–H and O–H groups in total. The highest BCUT2D eigenvalue weighted by Gasteiger charge is 2.15. The second kappa shape index (κ2) is 7.38. The average molecular weight is 399 g/mol. The number of rotatable bonds is 6. The summed E-state index contributed by atoms with van der Waals surface area (Å²) in [4.78, 5) is 18.4. The molecule has 136 valence electrons. The number of hydrogen-bond acceptors (Lipinski definition) is 5. The van der Waals surface area contributed by atoms with Crippen molar-refractivity contribution >= 4 is 44.7 Å². The molecule has 8 heteroatoms. The van der Waals surface area contributed by atoms with E-state index < -0.39 is 4.92 Å². The molecule has 0 atom stereocenters. The van der Waals surface area contributed by atoms with Crippen LogP contribution in [-0.4, -0.2) is 21.4 Å². The first-order valence-electron chi connectivity index (χ1n) is 8.30. The largest absolute Gasteiger partial charge is 0.361 e. The van der Waals surface area contributed by atoms with Crippen molar-refractivity contribution in [1.82, 2.24) is 9.97 Å². The smallest absolute Gasteiger partial charge is 0.288 e. The number of nitro benzene ring substituents is 1. The summed E-state index contributed by atoms with van der Waals surface area (Å²) in [5.41, 5.74) is 3.63. The van der Waals surface area contributed by atoms with Crippen molar-refractivity contribution in [1.29, 1.82) is 0 Å². The van der Waals surface area contributed by atoms with Crippen molar-refractivity contribution < 1.29 is 4.92 Å². The van der Waals surface area contributed by atoms with Gasteiger partial charge in [0.1, 0.15) is 5.02 Å². The number of hydrogen-bond donors (Lipinski definition) is 2. The molecule has 0 aliphatic rings. The molecule has 0 bridgehead atoms. The quantitative estimate of drug-likeness (QED) is 0.331. The number of nitrogens with zero attached hydrogens (tertiary/aromatic N) is 2. The molecule has 6 nitrogen and oxygen atoms in total. The topological polar surface area (TPSA) is 83.9 Å². The molecule has 0 saturated heterocycles. The SMILES string of the molecule is O=[N+]([O-])c1cc(-c2csc(NCCc3c[nH]c4ccccc34)n2)ccc1Cl. The van der Waals surface area contributed by atoms with Gasteiger partial charge in [0.15, 0.2) is 5.13 Å². The summed E-state index contributed by atoms with van der Waals surface area (Å²) in [6.45, 7) is 0.746. The number of fused-ring (bicyclic) bond motifs is 1. The first-order chi connectivity index (χ1) is 13.1. The first-order valence-corrected chi connectivity index (χ1v) is 9.56. The van der Waals surface area contributed by atoms with Crippen LogP contribution in [0, 0.1) is 10.1 Å². The van der Waals surface area contributed by atoms with E-state index in [1.54, 1.807) is 6.07 Å². The molecule has 0 fully saturated rings. The predicted molar refractivity (Wildman–Crippen MR) is 110 cm³/mol. The monoisotopic (exact) mass is 398 g/mol. The van der Waals surface area contributed by atoms with Gasteiger partial charge in [0, 0.05) is 40.7 Å². The maximum Gasteiger partial charge on any atom is 0.288 e. The number of aromatic amines is 1. The van der Waals surface area contributed by atoms with Crippen molar-refractivity contribution in [3.8, 4) is 11.3 Å². The summed E-state index contributed by atoms with van der Waals surface area (Å²) in [6.07, 6.45) is 2.90. The predicted octanol–water partition coefficient (Wildman–Crippen LogP) is 5.51. The highest BCUT2D eigenvalue weighted by molar-refractivity contribution is 7.14. The van der Waals surface area contributed by atoms with Crippen molar-refractivity contribution in [2.45, 2.75) is 6.42 Å². The number of para-hydroxylation sites is 1. The molecule has 2 aromatic carbocycles. The molecule has 0 spiro atoms. The Balaban J connectivity index is 1.44. The minimum Gasteiger partial charge on any atom is -0.361 e. The standard InChI is InChI=1S/C19H15ClN4O2S/c20-15-6-5-12(9-18(15)24(25)26)17-11-27-19(23-17)21-8-7-13-10-22-16-4-2-1-3-14(13)16/h1-6,9-11,22H,7-8H2,(H,21,23). The summed E-state index contributed by atoms with van der Waals surface area (Å²) in [7, 11) is 0. The number of nitro groups is 1. The molecular formula is C19H15ClN4O2S. The van der Waals surface area contributed by atoms with Crippen LogP contribution in [0.4, 0.5) is 10.8 Å². The van der Waals surface area contributed by atoms with Crippen molar-refractivity contribution in [2.75, 3.05) is 11.9 Å². The molecule has 0 aliphatic heterocycles. The highest BCUT2D eigenvalue weighted by atomic mass is 35.5. The zero-order valence-electron chi connectivity index (χ0n) is 14.1. The molecule has 0 saturated carbocycles. The number of benzene rings is 2. The molecular weight excluding hydrogens is 384 g/mol. The third kappa shape index (κ3) is 3.65. The summed E-state index contributed by atoms with van der Waals surface area (Å²) in [6, 6.07) is 12.9. The number of aromatic nitrogens is 2. The van der Waals surface area contributed by atoms with Crippen LogP contribution in [-0.2, 0) is 6.42 Å². The fourth-order valence-corrected chi connectivity index (χ4v) is 3.88. The zero-order chi connectivity index (χ0) is 18.8. The highest BCUT2D eigenvalue weighted by Crippen LogP contribution is 2.32. The molecule has 2 aromatic heterocycles. The van der Waals surface area contributed by atoms with Crippen LogP contribution in [0.2, 0.25) is 5.02 Å². The van der Waals surface area contributed by atoms with E-state index in [1.807, 2.05) is 23.7 Å². The fourth-order valence-electron chi connectivity index (χ4n) is 2.94. The molecule has 27 heavy (non-hydrogen) atoms. The number of halogens is 1. The van der Waals surface area contributed by atoms with Gasteiger partial charge in [-0.3, -0.25) is 10.1 Å². The van der Waals surface area contributed by atoms with Gasteiger partial charge in [-0.25, -0.2) is 4.98 Å². The third-order valence-corrected chi connectivity index (χ3v) is 5.41. The number of nitrogens with one attached hydrogen (secondary N) is 2. The Morgan fingerprint density at radius 1 is 1.26 bits per heavy atom. The Bertz CT molecular complexity index is 1120. The van der Waals surface area contributed by atoms with Gasteiger partial charge in [-0.1, -0.05) is 35.9 Å².